The SMILES string of the molecule is BC(=O)C1=C(N)CC(C(=O)Cl)=CC1. The summed E-state index contributed by atoms with van der Waals surface area (Å²) in [5.41, 5.74) is 7.09. The lowest BCUT2D eigenvalue weighted by molar-refractivity contribution is -0.109. The van der Waals surface area contributed by atoms with Crippen LogP contribution in [-0.4, -0.2) is 18.8 Å². The average Bonchev–Trinajstić information content (AvgIpc) is 2.03. The van der Waals surface area contributed by atoms with Crippen molar-refractivity contribution in [3.05, 3.63) is 22.9 Å². The lowest BCUT2D eigenvalue weighted by Gasteiger charge is -2.14. The maximum absolute atomic E-state index is 11.0. The van der Waals surface area contributed by atoms with E-state index in [1.807, 2.05) is 0 Å². The summed E-state index contributed by atoms with van der Waals surface area (Å²) in [4.78, 5) is 21.8. The van der Waals surface area contributed by atoms with Gasteiger partial charge >= 0.3 is 0 Å². The zero-order valence-corrected chi connectivity index (χ0v) is 8.02. The van der Waals surface area contributed by atoms with E-state index >= 15 is 0 Å². The van der Waals surface area contributed by atoms with Gasteiger partial charge in [-0.3, -0.25) is 4.79 Å². The number of hydrogen-bond donors (Lipinski definition) is 1. The fourth-order valence-electron chi connectivity index (χ4n) is 1.26. The number of allylic oxidation sites excluding steroid dienone is 3. The summed E-state index contributed by atoms with van der Waals surface area (Å²) in [7, 11) is 1.46. The molecule has 2 N–H and O–H groups in total. The number of carbonyl (C=O) groups is 2. The summed E-state index contributed by atoms with van der Waals surface area (Å²) in [5.74, 6) is 0. The zero-order valence-electron chi connectivity index (χ0n) is 7.26. The van der Waals surface area contributed by atoms with Gasteiger partial charge in [-0.1, -0.05) is 6.08 Å². The van der Waals surface area contributed by atoms with Crippen LogP contribution in [0.5, 0.6) is 0 Å². The molecule has 0 spiro atoms. The molecule has 0 bridgehead atoms. The Bertz CT molecular complexity index is 333. The van der Waals surface area contributed by atoms with E-state index in [1.165, 1.54) is 7.85 Å². The Kier molecular flexibility index (Phi) is 2.93. The maximum Gasteiger partial charge on any atom is 0.248 e. The highest BCUT2D eigenvalue weighted by Crippen LogP contribution is 2.22. The van der Waals surface area contributed by atoms with Crippen LogP contribution in [0.2, 0.25) is 0 Å². The van der Waals surface area contributed by atoms with Gasteiger partial charge in [0.2, 0.25) is 5.24 Å². The number of rotatable bonds is 2. The molecule has 1 aliphatic rings. The summed E-state index contributed by atoms with van der Waals surface area (Å²) < 4.78 is 0. The highest BCUT2D eigenvalue weighted by molar-refractivity contribution is 6.67. The molecule has 0 saturated heterocycles. The Labute approximate surface area is 82.0 Å². The second-order valence-corrected chi connectivity index (χ2v) is 3.29. The van der Waals surface area contributed by atoms with E-state index in [9.17, 15) is 9.59 Å². The standard InChI is InChI=1S/C8H9BClNO2/c9-7(12)5-2-1-4(8(10)13)3-6(5)11/h1H,2-3,9,11H2. The maximum atomic E-state index is 11.0. The molecule has 0 fully saturated rings. The van der Waals surface area contributed by atoms with Crippen molar-refractivity contribution in [3.63, 3.8) is 0 Å². The Hall–Kier alpha value is -1.03. The predicted octanol–water partition coefficient (Wildman–Crippen LogP) is -0.155. The molecule has 0 heterocycles. The van der Waals surface area contributed by atoms with Gasteiger partial charge in [-0.15, -0.1) is 0 Å². The van der Waals surface area contributed by atoms with Crippen molar-refractivity contribution in [3.8, 4) is 0 Å². The van der Waals surface area contributed by atoms with E-state index in [0.29, 0.717) is 23.3 Å². The first-order valence-electron chi connectivity index (χ1n) is 3.89. The first-order valence-corrected chi connectivity index (χ1v) is 4.27. The quantitative estimate of drug-likeness (QED) is 0.494. The molecule has 1 aliphatic carbocycles. The Morgan fingerprint density at radius 3 is 2.54 bits per heavy atom. The fourth-order valence-corrected chi connectivity index (χ4v) is 1.40. The van der Waals surface area contributed by atoms with E-state index in [4.69, 9.17) is 17.3 Å². The van der Waals surface area contributed by atoms with Crippen molar-refractivity contribution in [1.29, 1.82) is 0 Å². The van der Waals surface area contributed by atoms with Crippen LogP contribution in [0.15, 0.2) is 22.9 Å². The van der Waals surface area contributed by atoms with Crippen LogP contribution in [0.3, 0.4) is 0 Å². The van der Waals surface area contributed by atoms with Gasteiger partial charge in [0.05, 0.1) is 0 Å². The average molecular weight is 197 g/mol. The van der Waals surface area contributed by atoms with Crippen LogP contribution in [0.4, 0.5) is 0 Å². The lowest BCUT2D eigenvalue weighted by atomic mass is 9.86. The summed E-state index contributed by atoms with van der Waals surface area (Å²) in [6, 6.07) is 0. The normalized spacial score (nSPS) is 16.8. The number of carbonyl (C=O) groups excluding carboxylic acids is 2. The summed E-state index contributed by atoms with van der Waals surface area (Å²) in [5, 5.41) is -0.495. The van der Waals surface area contributed by atoms with Gasteiger partial charge in [0.25, 0.3) is 0 Å². The van der Waals surface area contributed by atoms with E-state index in [-0.39, 0.29) is 12.1 Å². The topological polar surface area (TPSA) is 60.2 Å². The number of halogens is 1. The predicted molar refractivity (Wildman–Crippen MR) is 52.9 cm³/mol. The van der Waals surface area contributed by atoms with E-state index in [1.54, 1.807) is 6.08 Å². The third-order valence-corrected chi connectivity index (χ3v) is 2.24. The largest absolute Gasteiger partial charge is 0.401 e. The van der Waals surface area contributed by atoms with Crippen LogP contribution in [0.25, 0.3) is 0 Å². The van der Waals surface area contributed by atoms with Crippen LogP contribution in [-0.2, 0) is 9.59 Å². The Morgan fingerprint density at radius 1 is 1.54 bits per heavy atom. The molecular weight excluding hydrogens is 188 g/mol. The van der Waals surface area contributed by atoms with Gasteiger partial charge < -0.3 is 10.5 Å². The van der Waals surface area contributed by atoms with Crippen molar-refractivity contribution in [1.82, 2.24) is 0 Å². The van der Waals surface area contributed by atoms with Gasteiger partial charge in [-0.2, -0.15) is 0 Å². The minimum Gasteiger partial charge on any atom is -0.401 e. The molecule has 1 rings (SSSR count). The molecule has 3 nitrogen and oxygen atoms in total. The van der Waals surface area contributed by atoms with Crippen LogP contribution in [0, 0.1) is 0 Å². The Balaban J connectivity index is 2.85. The van der Waals surface area contributed by atoms with Crippen molar-refractivity contribution >= 4 is 30.4 Å². The lowest BCUT2D eigenvalue weighted by Crippen LogP contribution is -2.16. The molecule has 0 amide bonds. The van der Waals surface area contributed by atoms with Crippen molar-refractivity contribution in [2.24, 2.45) is 5.73 Å². The third kappa shape index (κ3) is 2.22. The van der Waals surface area contributed by atoms with Crippen LogP contribution < -0.4 is 5.73 Å². The first kappa shape index (κ1) is 10.1. The highest BCUT2D eigenvalue weighted by Gasteiger charge is 2.17. The second-order valence-electron chi connectivity index (χ2n) is 2.94. The molecule has 0 aromatic heterocycles. The van der Waals surface area contributed by atoms with E-state index < -0.39 is 5.24 Å². The fraction of sp³-hybridized carbons (Fsp3) is 0.250. The van der Waals surface area contributed by atoms with Crippen molar-refractivity contribution in [2.75, 3.05) is 0 Å². The van der Waals surface area contributed by atoms with Gasteiger partial charge in [-0.25, -0.2) is 0 Å². The number of nitrogens with two attached hydrogens (primary N) is 1. The molecule has 5 heteroatoms. The Morgan fingerprint density at radius 2 is 2.15 bits per heavy atom. The minimum atomic E-state index is -0.495. The molecule has 0 radical (unpaired) electrons. The van der Waals surface area contributed by atoms with Crippen molar-refractivity contribution in [2.45, 2.75) is 12.8 Å². The second kappa shape index (κ2) is 3.79. The summed E-state index contributed by atoms with van der Waals surface area (Å²) in [6.07, 6.45) is 2.36. The van der Waals surface area contributed by atoms with Crippen molar-refractivity contribution < 1.29 is 9.59 Å². The highest BCUT2D eigenvalue weighted by atomic mass is 35.5. The summed E-state index contributed by atoms with van der Waals surface area (Å²) >= 11 is 5.28. The van der Waals surface area contributed by atoms with Gasteiger partial charge in [0.15, 0.2) is 7.85 Å². The third-order valence-electron chi connectivity index (χ3n) is 2.00. The van der Waals surface area contributed by atoms with Crippen LogP contribution in [0.1, 0.15) is 12.8 Å². The smallest absolute Gasteiger partial charge is 0.248 e. The minimum absolute atomic E-state index is 0.0465. The van der Waals surface area contributed by atoms with E-state index in [0.717, 1.165) is 0 Å². The molecule has 0 aliphatic heterocycles. The van der Waals surface area contributed by atoms with Gasteiger partial charge in [0.1, 0.15) is 5.68 Å². The first-order chi connectivity index (χ1) is 6.02. The monoisotopic (exact) mass is 197 g/mol. The molecule has 0 aromatic rings. The molecule has 68 valence electrons. The molecular formula is C8H9BClNO2. The zero-order chi connectivity index (χ0) is 10.0. The number of hydrogen-bond acceptors (Lipinski definition) is 3. The molecule has 0 unspecified atom stereocenters. The molecule has 0 aromatic carbocycles. The molecule has 0 saturated carbocycles. The summed E-state index contributed by atoms with van der Waals surface area (Å²) in [6.45, 7) is 0. The van der Waals surface area contributed by atoms with E-state index in [2.05, 4.69) is 0 Å². The molecule has 0 atom stereocenters. The van der Waals surface area contributed by atoms with Gasteiger partial charge in [-0.05, 0) is 18.0 Å². The van der Waals surface area contributed by atoms with Gasteiger partial charge in [0, 0.05) is 23.3 Å². The van der Waals surface area contributed by atoms with Crippen LogP contribution >= 0.6 is 11.6 Å². The molecule has 13 heavy (non-hydrogen) atoms.